The molecule has 14 heavy (non-hydrogen) atoms. The topological polar surface area (TPSA) is 51.2 Å². The Bertz CT molecular complexity index is 311. The predicted octanol–water partition coefficient (Wildman–Crippen LogP) is 2.31. The fourth-order valence-electron chi connectivity index (χ4n) is 1.30. The summed E-state index contributed by atoms with van der Waals surface area (Å²) in [7, 11) is 0. The van der Waals surface area contributed by atoms with E-state index in [4.69, 9.17) is 10.3 Å². The van der Waals surface area contributed by atoms with E-state index < -0.39 is 0 Å². The molecule has 78 valence electrons. The Morgan fingerprint density at radius 1 is 1.57 bits per heavy atom. The highest BCUT2D eigenvalue weighted by atomic mass is 16.3. The Morgan fingerprint density at radius 2 is 2.29 bits per heavy atom. The SMILES string of the molecule is CCc1ccc(C(C=C(C)C)NN)o1. The molecule has 3 nitrogen and oxygen atoms in total. The number of hydrogen-bond donors (Lipinski definition) is 2. The fraction of sp³-hybridized carbons (Fsp3) is 0.455. The summed E-state index contributed by atoms with van der Waals surface area (Å²) in [6.45, 7) is 6.14. The van der Waals surface area contributed by atoms with E-state index in [0.29, 0.717) is 0 Å². The zero-order valence-electron chi connectivity index (χ0n) is 9.00. The minimum Gasteiger partial charge on any atom is -0.464 e. The molecule has 1 aromatic rings. The number of nitrogens with one attached hydrogen (secondary N) is 1. The second-order valence-electron chi connectivity index (χ2n) is 3.55. The van der Waals surface area contributed by atoms with Gasteiger partial charge in [0.2, 0.25) is 0 Å². The van der Waals surface area contributed by atoms with Crippen molar-refractivity contribution in [3.63, 3.8) is 0 Å². The van der Waals surface area contributed by atoms with E-state index in [2.05, 4.69) is 12.3 Å². The van der Waals surface area contributed by atoms with Gasteiger partial charge in [0, 0.05) is 6.42 Å². The van der Waals surface area contributed by atoms with Crippen LogP contribution in [0, 0.1) is 0 Å². The summed E-state index contributed by atoms with van der Waals surface area (Å²) in [6, 6.07) is 3.92. The van der Waals surface area contributed by atoms with Gasteiger partial charge in [-0.05, 0) is 26.0 Å². The van der Waals surface area contributed by atoms with Crippen molar-refractivity contribution in [2.75, 3.05) is 0 Å². The Balaban J connectivity index is 2.84. The molecule has 0 fully saturated rings. The van der Waals surface area contributed by atoms with Crippen LogP contribution < -0.4 is 11.3 Å². The first-order valence-electron chi connectivity index (χ1n) is 4.87. The molecule has 1 rings (SSSR count). The third-order valence-electron chi connectivity index (χ3n) is 2.02. The molecule has 0 spiro atoms. The summed E-state index contributed by atoms with van der Waals surface area (Å²) in [4.78, 5) is 0. The maximum atomic E-state index is 5.60. The lowest BCUT2D eigenvalue weighted by Gasteiger charge is -2.08. The zero-order valence-corrected chi connectivity index (χ0v) is 9.00. The lowest BCUT2D eigenvalue weighted by atomic mass is 10.1. The Hall–Kier alpha value is -1.06. The summed E-state index contributed by atoms with van der Waals surface area (Å²) >= 11 is 0. The van der Waals surface area contributed by atoms with Crippen molar-refractivity contribution in [3.8, 4) is 0 Å². The van der Waals surface area contributed by atoms with Gasteiger partial charge in [-0.1, -0.05) is 18.6 Å². The highest BCUT2D eigenvalue weighted by Crippen LogP contribution is 2.18. The van der Waals surface area contributed by atoms with Gasteiger partial charge in [-0.15, -0.1) is 0 Å². The Morgan fingerprint density at radius 3 is 2.71 bits per heavy atom. The van der Waals surface area contributed by atoms with Gasteiger partial charge in [0.1, 0.15) is 11.5 Å². The van der Waals surface area contributed by atoms with Gasteiger partial charge < -0.3 is 4.42 Å². The smallest absolute Gasteiger partial charge is 0.126 e. The standard InChI is InChI=1S/C11H18N2O/c1-4-9-5-6-11(14-9)10(13-12)7-8(2)3/h5-7,10,13H,4,12H2,1-3H3. The van der Waals surface area contributed by atoms with Crippen LogP contribution in [0.1, 0.15) is 38.3 Å². The first kappa shape index (κ1) is 11.0. The van der Waals surface area contributed by atoms with Crippen LogP contribution in [0.5, 0.6) is 0 Å². The minimum atomic E-state index is -0.0275. The normalized spacial score (nSPS) is 12.6. The average molecular weight is 194 g/mol. The molecule has 1 heterocycles. The molecule has 1 atom stereocenters. The molecule has 0 aromatic carbocycles. The second kappa shape index (κ2) is 4.98. The first-order chi connectivity index (χ1) is 6.67. The monoisotopic (exact) mass is 194 g/mol. The van der Waals surface area contributed by atoms with Crippen LogP contribution in [-0.2, 0) is 6.42 Å². The van der Waals surface area contributed by atoms with Crippen LogP contribution >= 0.6 is 0 Å². The van der Waals surface area contributed by atoms with Gasteiger partial charge in [0.25, 0.3) is 0 Å². The molecule has 3 N–H and O–H groups in total. The van der Waals surface area contributed by atoms with E-state index in [9.17, 15) is 0 Å². The number of aryl methyl sites for hydroxylation is 1. The van der Waals surface area contributed by atoms with Crippen molar-refractivity contribution in [1.29, 1.82) is 0 Å². The van der Waals surface area contributed by atoms with Gasteiger partial charge in [0.15, 0.2) is 0 Å². The van der Waals surface area contributed by atoms with Crippen LogP contribution in [0.25, 0.3) is 0 Å². The van der Waals surface area contributed by atoms with Crippen molar-refractivity contribution in [3.05, 3.63) is 35.3 Å². The third kappa shape index (κ3) is 2.72. The quantitative estimate of drug-likeness (QED) is 0.439. The largest absolute Gasteiger partial charge is 0.464 e. The summed E-state index contributed by atoms with van der Waals surface area (Å²) in [6.07, 6.45) is 2.95. The number of rotatable bonds is 4. The molecule has 0 amide bonds. The molecule has 0 aliphatic carbocycles. The molecule has 0 saturated heterocycles. The fourth-order valence-corrected chi connectivity index (χ4v) is 1.30. The van der Waals surface area contributed by atoms with Crippen molar-refractivity contribution < 1.29 is 4.42 Å². The molecule has 0 aliphatic rings. The molecule has 1 aromatic heterocycles. The van der Waals surface area contributed by atoms with Gasteiger partial charge in [-0.2, -0.15) is 0 Å². The van der Waals surface area contributed by atoms with Crippen LogP contribution in [-0.4, -0.2) is 0 Å². The van der Waals surface area contributed by atoms with Gasteiger partial charge >= 0.3 is 0 Å². The maximum Gasteiger partial charge on any atom is 0.126 e. The van der Waals surface area contributed by atoms with Crippen molar-refractivity contribution in [2.45, 2.75) is 33.2 Å². The predicted molar refractivity (Wildman–Crippen MR) is 57.6 cm³/mol. The minimum absolute atomic E-state index is 0.0275. The second-order valence-corrected chi connectivity index (χ2v) is 3.55. The van der Waals surface area contributed by atoms with Crippen molar-refractivity contribution in [1.82, 2.24) is 5.43 Å². The maximum absolute atomic E-state index is 5.60. The van der Waals surface area contributed by atoms with Gasteiger partial charge in [-0.3, -0.25) is 5.84 Å². The third-order valence-corrected chi connectivity index (χ3v) is 2.02. The zero-order chi connectivity index (χ0) is 10.6. The van der Waals surface area contributed by atoms with E-state index >= 15 is 0 Å². The van der Waals surface area contributed by atoms with Crippen LogP contribution in [0.15, 0.2) is 28.2 Å². The first-order valence-corrected chi connectivity index (χ1v) is 4.87. The number of furan rings is 1. The Labute approximate surface area is 85.0 Å². The van der Waals surface area contributed by atoms with Crippen LogP contribution in [0.3, 0.4) is 0 Å². The van der Waals surface area contributed by atoms with Gasteiger partial charge in [0.05, 0.1) is 6.04 Å². The van der Waals surface area contributed by atoms with Crippen LogP contribution in [0.2, 0.25) is 0 Å². The lowest BCUT2D eigenvalue weighted by Crippen LogP contribution is -2.26. The molecule has 1 unspecified atom stereocenters. The highest BCUT2D eigenvalue weighted by molar-refractivity contribution is 5.17. The van der Waals surface area contributed by atoms with E-state index in [-0.39, 0.29) is 6.04 Å². The average Bonchev–Trinajstić information content (AvgIpc) is 2.62. The Kier molecular flexibility index (Phi) is 3.92. The summed E-state index contributed by atoms with van der Waals surface area (Å²) in [5.74, 6) is 7.30. The number of hydrazine groups is 1. The highest BCUT2D eigenvalue weighted by Gasteiger charge is 2.10. The molecular formula is C11H18N2O. The molecule has 3 heteroatoms. The molecule has 0 saturated carbocycles. The van der Waals surface area contributed by atoms with Crippen molar-refractivity contribution >= 4 is 0 Å². The molecule has 0 aliphatic heterocycles. The van der Waals surface area contributed by atoms with E-state index in [1.807, 2.05) is 32.1 Å². The van der Waals surface area contributed by atoms with Gasteiger partial charge in [-0.25, -0.2) is 5.43 Å². The summed E-state index contributed by atoms with van der Waals surface area (Å²) < 4.78 is 5.60. The summed E-state index contributed by atoms with van der Waals surface area (Å²) in [5.41, 5.74) is 3.93. The molecular weight excluding hydrogens is 176 g/mol. The number of allylic oxidation sites excluding steroid dienone is 1. The molecule has 0 radical (unpaired) electrons. The molecule has 0 bridgehead atoms. The number of hydrogen-bond acceptors (Lipinski definition) is 3. The number of nitrogens with two attached hydrogens (primary N) is 1. The van der Waals surface area contributed by atoms with Crippen molar-refractivity contribution in [2.24, 2.45) is 5.84 Å². The van der Waals surface area contributed by atoms with E-state index in [0.717, 1.165) is 17.9 Å². The van der Waals surface area contributed by atoms with Crippen LogP contribution in [0.4, 0.5) is 0 Å². The lowest BCUT2D eigenvalue weighted by molar-refractivity contribution is 0.430. The van der Waals surface area contributed by atoms with E-state index in [1.54, 1.807) is 0 Å². The summed E-state index contributed by atoms with van der Waals surface area (Å²) in [5, 5.41) is 0. The van der Waals surface area contributed by atoms with E-state index in [1.165, 1.54) is 5.57 Å².